The van der Waals surface area contributed by atoms with Crippen LogP contribution >= 0.6 is 15.9 Å². The quantitative estimate of drug-likeness (QED) is 0.901. The minimum Gasteiger partial charge on any atom is -0.483 e. The molecule has 0 unspecified atom stereocenters. The second-order valence-corrected chi connectivity index (χ2v) is 5.39. The van der Waals surface area contributed by atoms with Gasteiger partial charge >= 0.3 is 5.97 Å². The number of hydrogen-bond donors (Lipinski definition) is 1. The number of para-hydroxylation sites is 1. The van der Waals surface area contributed by atoms with E-state index >= 15 is 0 Å². The molecule has 1 aromatic heterocycles. The Morgan fingerprint density at radius 2 is 2.30 bits per heavy atom. The summed E-state index contributed by atoms with van der Waals surface area (Å²) in [6.07, 6.45) is 2.16. The van der Waals surface area contributed by atoms with Crippen LogP contribution in [0.3, 0.4) is 0 Å². The molecule has 1 aliphatic carbocycles. The topological polar surface area (TPSA) is 85.5 Å². The number of ether oxygens (including phenoxy) is 1. The van der Waals surface area contributed by atoms with Crippen molar-refractivity contribution < 1.29 is 19.2 Å². The van der Waals surface area contributed by atoms with Gasteiger partial charge in [0.25, 0.3) is 0 Å². The van der Waals surface area contributed by atoms with Crippen LogP contribution in [0.5, 0.6) is 5.75 Å². The first-order valence-electron chi connectivity index (χ1n) is 6.12. The lowest BCUT2D eigenvalue weighted by molar-refractivity contribution is 0.0691. The third-order valence-corrected chi connectivity index (χ3v) is 3.58. The van der Waals surface area contributed by atoms with Crippen molar-refractivity contribution in [2.24, 2.45) is 0 Å². The second kappa shape index (κ2) is 5.24. The van der Waals surface area contributed by atoms with Gasteiger partial charge in [0, 0.05) is 5.92 Å². The number of hydrogen-bond acceptors (Lipinski definition) is 5. The van der Waals surface area contributed by atoms with Gasteiger partial charge in [-0.2, -0.15) is 4.98 Å². The average molecular weight is 339 g/mol. The molecule has 1 heterocycles. The molecule has 1 aliphatic rings. The molecule has 0 amide bonds. The predicted molar refractivity (Wildman–Crippen MR) is 71.7 cm³/mol. The van der Waals surface area contributed by atoms with Crippen LogP contribution in [-0.4, -0.2) is 21.2 Å². The number of halogens is 1. The molecule has 1 fully saturated rings. The molecule has 1 saturated carbocycles. The maximum absolute atomic E-state index is 11.1. The van der Waals surface area contributed by atoms with E-state index in [0.717, 1.165) is 12.8 Å². The monoisotopic (exact) mass is 338 g/mol. The third kappa shape index (κ3) is 2.67. The van der Waals surface area contributed by atoms with Crippen LogP contribution in [0, 0.1) is 0 Å². The molecule has 0 saturated heterocycles. The first-order valence-corrected chi connectivity index (χ1v) is 6.91. The minimum atomic E-state index is -1.05. The van der Waals surface area contributed by atoms with E-state index in [1.165, 1.54) is 6.07 Å². The van der Waals surface area contributed by atoms with E-state index in [1.54, 1.807) is 12.1 Å². The first kappa shape index (κ1) is 13.1. The SMILES string of the molecule is O=C(O)c1cccc(Br)c1OCc1noc(C2CC2)n1. The lowest BCUT2D eigenvalue weighted by atomic mass is 10.2. The van der Waals surface area contributed by atoms with Crippen LogP contribution < -0.4 is 4.74 Å². The molecule has 2 aromatic rings. The normalized spacial score (nSPS) is 14.2. The first-order chi connectivity index (χ1) is 9.65. The predicted octanol–water partition coefficient (Wildman–Crippen LogP) is 2.99. The molecule has 6 nitrogen and oxygen atoms in total. The van der Waals surface area contributed by atoms with Crippen LogP contribution in [0.25, 0.3) is 0 Å². The summed E-state index contributed by atoms with van der Waals surface area (Å²) in [5, 5.41) is 12.9. The smallest absolute Gasteiger partial charge is 0.339 e. The highest BCUT2D eigenvalue weighted by atomic mass is 79.9. The van der Waals surface area contributed by atoms with Crippen LogP contribution in [0.2, 0.25) is 0 Å². The van der Waals surface area contributed by atoms with Gasteiger partial charge < -0.3 is 14.4 Å². The summed E-state index contributed by atoms with van der Waals surface area (Å²) in [7, 11) is 0. The Bertz CT molecular complexity index is 652. The lowest BCUT2D eigenvalue weighted by Gasteiger charge is -2.08. The molecule has 0 atom stereocenters. The van der Waals surface area contributed by atoms with E-state index in [0.29, 0.717) is 22.1 Å². The van der Waals surface area contributed by atoms with E-state index in [1.807, 2.05) is 0 Å². The summed E-state index contributed by atoms with van der Waals surface area (Å²) in [5.41, 5.74) is 0.0882. The third-order valence-electron chi connectivity index (χ3n) is 2.95. The van der Waals surface area contributed by atoms with Gasteiger partial charge in [0.2, 0.25) is 11.7 Å². The lowest BCUT2D eigenvalue weighted by Crippen LogP contribution is -2.05. The van der Waals surface area contributed by atoms with Gasteiger partial charge in [0.15, 0.2) is 6.61 Å². The van der Waals surface area contributed by atoms with Crippen molar-refractivity contribution in [1.29, 1.82) is 0 Å². The Morgan fingerprint density at radius 1 is 1.50 bits per heavy atom. The Balaban J connectivity index is 1.75. The van der Waals surface area contributed by atoms with Gasteiger partial charge in [-0.15, -0.1) is 0 Å². The molecule has 0 radical (unpaired) electrons. The highest BCUT2D eigenvalue weighted by Gasteiger charge is 2.29. The Hall–Kier alpha value is -1.89. The number of aromatic carboxylic acids is 1. The molecule has 0 spiro atoms. The van der Waals surface area contributed by atoms with Crippen molar-refractivity contribution in [3.63, 3.8) is 0 Å². The summed E-state index contributed by atoms with van der Waals surface area (Å²) in [6, 6.07) is 4.84. The highest BCUT2D eigenvalue weighted by molar-refractivity contribution is 9.10. The number of aromatic nitrogens is 2. The Morgan fingerprint density at radius 3 is 3.00 bits per heavy atom. The van der Waals surface area contributed by atoms with Gasteiger partial charge in [0.05, 0.1) is 4.47 Å². The average Bonchev–Trinajstić information content (AvgIpc) is 3.16. The fourth-order valence-corrected chi connectivity index (χ4v) is 2.26. The van der Waals surface area contributed by atoms with Crippen LogP contribution in [-0.2, 0) is 6.61 Å². The zero-order valence-electron chi connectivity index (χ0n) is 10.4. The molecule has 0 aliphatic heterocycles. The van der Waals surface area contributed by atoms with Crippen LogP contribution in [0.4, 0.5) is 0 Å². The molecule has 1 N–H and O–H groups in total. The summed E-state index contributed by atoms with van der Waals surface area (Å²) >= 11 is 3.27. The van der Waals surface area contributed by atoms with Gasteiger partial charge in [0.1, 0.15) is 11.3 Å². The molecule has 0 bridgehead atoms. The maximum Gasteiger partial charge on any atom is 0.339 e. The summed E-state index contributed by atoms with van der Waals surface area (Å²) in [6.45, 7) is 0.0686. The van der Waals surface area contributed by atoms with E-state index in [9.17, 15) is 4.79 Å². The maximum atomic E-state index is 11.1. The number of carbonyl (C=O) groups is 1. The van der Waals surface area contributed by atoms with Crippen molar-refractivity contribution >= 4 is 21.9 Å². The number of rotatable bonds is 5. The standard InChI is InChI=1S/C13H11BrN2O4/c14-9-3-1-2-8(13(17)18)11(9)19-6-10-15-12(20-16-10)7-4-5-7/h1-3,7H,4-6H2,(H,17,18). The fraction of sp³-hybridized carbons (Fsp3) is 0.308. The highest BCUT2D eigenvalue weighted by Crippen LogP contribution is 2.39. The largest absolute Gasteiger partial charge is 0.483 e. The Kier molecular flexibility index (Phi) is 3.43. The van der Waals surface area contributed by atoms with Crippen molar-refractivity contribution in [3.8, 4) is 5.75 Å². The van der Waals surface area contributed by atoms with E-state index in [4.69, 9.17) is 14.4 Å². The number of carboxylic acids is 1. The van der Waals surface area contributed by atoms with Gasteiger partial charge in [-0.3, -0.25) is 0 Å². The molecular weight excluding hydrogens is 328 g/mol. The van der Waals surface area contributed by atoms with E-state index in [2.05, 4.69) is 26.1 Å². The number of carboxylic acid groups (broad SMARTS) is 1. The molecule has 7 heteroatoms. The number of nitrogens with zero attached hydrogens (tertiary/aromatic N) is 2. The minimum absolute atomic E-state index is 0.0686. The number of benzene rings is 1. The second-order valence-electron chi connectivity index (χ2n) is 4.53. The Labute approximate surface area is 122 Å². The fourth-order valence-electron chi connectivity index (χ4n) is 1.78. The van der Waals surface area contributed by atoms with Crippen molar-refractivity contribution in [3.05, 3.63) is 40.0 Å². The van der Waals surface area contributed by atoms with Crippen LogP contribution in [0.1, 0.15) is 40.8 Å². The van der Waals surface area contributed by atoms with Crippen molar-refractivity contribution in [2.75, 3.05) is 0 Å². The zero-order valence-corrected chi connectivity index (χ0v) is 12.0. The molecule has 104 valence electrons. The van der Waals surface area contributed by atoms with Crippen molar-refractivity contribution in [2.45, 2.75) is 25.4 Å². The summed E-state index contributed by atoms with van der Waals surface area (Å²) in [4.78, 5) is 15.4. The van der Waals surface area contributed by atoms with Crippen molar-refractivity contribution in [1.82, 2.24) is 10.1 Å². The van der Waals surface area contributed by atoms with Gasteiger partial charge in [-0.25, -0.2) is 4.79 Å². The van der Waals surface area contributed by atoms with E-state index < -0.39 is 5.97 Å². The summed E-state index contributed by atoms with van der Waals surface area (Å²) in [5.74, 6) is 0.647. The molecule has 1 aromatic carbocycles. The van der Waals surface area contributed by atoms with E-state index in [-0.39, 0.29) is 17.9 Å². The van der Waals surface area contributed by atoms with Crippen LogP contribution in [0.15, 0.2) is 27.2 Å². The summed E-state index contributed by atoms with van der Waals surface area (Å²) < 4.78 is 11.2. The molecule has 20 heavy (non-hydrogen) atoms. The molecule has 3 rings (SSSR count). The van der Waals surface area contributed by atoms with Gasteiger partial charge in [-0.1, -0.05) is 11.2 Å². The zero-order chi connectivity index (χ0) is 14.1. The van der Waals surface area contributed by atoms with Gasteiger partial charge in [-0.05, 0) is 40.9 Å². The molecular formula is C13H11BrN2O4.